The van der Waals surface area contributed by atoms with Crippen LogP contribution in [-0.4, -0.2) is 49.3 Å². The van der Waals surface area contributed by atoms with Gasteiger partial charge in [-0.15, -0.1) is 0 Å². The number of hydrogen-bond acceptors (Lipinski definition) is 5. The van der Waals surface area contributed by atoms with Gasteiger partial charge in [0.05, 0.1) is 23.2 Å². The molecule has 180 valence electrons. The molecule has 1 unspecified atom stereocenters. The summed E-state index contributed by atoms with van der Waals surface area (Å²) in [6.07, 6.45) is 3.62. The van der Waals surface area contributed by atoms with Crippen LogP contribution in [0.1, 0.15) is 30.4 Å². The number of sulfonamides is 1. The van der Waals surface area contributed by atoms with Gasteiger partial charge in [-0.05, 0) is 86.3 Å². The topological polar surface area (TPSA) is 81.1 Å². The Labute approximate surface area is 202 Å². The Morgan fingerprint density at radius 3 is 2.26 bits per heavy atom. The first kappa shape index (κ1) is 24.3. The van der Waals surface area contributed by atoms with E-state index in [1.807, 2.05) is 24.3 Å². The molecule has 0 spiro atoms. The van der Waals surface area contributed by atoms with Gasteiger partial charge in [-0.3, -0.25) is 4.31 Å². The molecule has 34 heavy (non-hydrogen) atoms. The number of β-amino-alcohol motifs (C(OH)–C–C–N with tert-alkyl or cyclic N) is 1. The molecule has 1 aliphatic heterocycles. The van der Waals surface area contributed by atoms with Crippen LogP contribution in [0.2, 0.25) is 0 Å². The zero-order valence-electron chi connectivity index (χ0n) is 19.3. The third kappa shape index (κ3) is 6.17. The molecule has 0 aliphatic carbocycles. The van der Waals surface area contributed by atoms with Crippen molar-refractivity contribution < 1.29 is 18.6 Å². The molecule has 0 radical (unpaired) electrons. The van der Waals surface area contributed by atoms with E-state index >= 15 is 0 Å². The van der Waals surface area contributed by atoms with Gasteiger partial charge < -0.3 is 15.1 Å². The molecular weight excluding hydrogens is 448 g/mol. The van der Waals surface area contributed by atoms with Crippen LogP contribution in [0.5, 0.6) is 5.75 Å². The minimum atomic E-state index is -3.77. The smallest absolute Gasteiger partial charge is 0.264 e. The Morgan fingerprint density at radius 2 is 1.59 bits per heavy atom. The quantitative estimate of drug-likeness (QED) is 0.480. The highest BCUT2D eigenvalue weighted by atomic mass is 32.2. The van der Waals surface area contributed by atoms with E-state index in [0.717, 1.165) is 56.4 Å². The Hall–Kier alpha value is -2.87. The van der Waals surface area contributed by atoms with Crippen molar-refractivity contribution >= 4 is 15.7 Å². The van der Waals surface area contributed by atoms with Crippen LogP contribution in [0.15, 0.2) is 83.8 Å². The number of aliphatic hydroxyl groups is 1. The van der Waals surface area contributed by atoms with E-state index in [4.69, 9.17) is 0 Å². The fraction of sp³-hybridized carbons (Fsp3) is 0.333. The first-order valence-electron chi connectivity index (χ1n) is 11.8. The molecule has 1 saturated heterocycles. The zero-order valence-corrected chi connectivity index (χ0v) is 20.1. The molecule has 4 rings (SSSR count). The molecule has 0 bridgehead atoms. The molecule has 0 saturated carbocycles. The number of phenols is 1. The molecule has 3 aromatic rings. The first-order valence-corrected chi connectivity index (χ1v) is 13.2. The standard InChI is InChI=1S/C27H32N2O4S/c30-25-16-12-23(13-17-25)20-29(34(32,33)27-8-2-1-3-9-27)24-14-10-22(11-15-24)6-4-18-28-19-5-7-26(31)21-28/h1-3,8-17,26,30-31H,4-7,18-21H2. The van der Waals surface area contributed by atoms with Crippen LogP contribution >= 0.6 is 0 Å². The lowest BCUT2D eigenvalue weighted by Gasteiger charge is -2.29. The van der Waals surface area contributed by atoms with Crippen LogP contribution in [0.3, 0.4) is 0 Å². The van der Waals surface area contributed by atoms with Crippen molar-refractivity contribution in [1.29, 1.82) is 0 Å². The van der Waals surface area contributed by atoms with E-state index in [0.29, 0.717) is 5.69 Å². The summed E-state index contributed by atoms with van der Waals surface area (Å²) in [4.78, 5) is 2.55. The second-order valence-corrected chi connectivity index (χ2v) is 10.7. The summed E-state index contributed by atoms with van der Waals surface area (Å²) in [6.45, 7) is 2.91. The number of rotatable bonds is 9. The molecule has 3 aromatic carbocycles. The molecular formula is C27H32N2O4S. The van der Waals surface area contributed by atoms with Gasteiger partial charge in [0.2, 0.25) is 0 Å². The maximum Gasteiger partial charge on any atom is 0.264 e. The van der Waals surface area contributed by atoms with E-state index in [1.54, 1.807) is 54.6 Å². The largest absolute Gasteiger partial charge is 0.508 e. The second-order valence-electron chi connectivity index (χ2n) is 8.86. The van der Waals surface area contributed by atoms with E-state index in [1.165, 1.54) is 4.31 Å². The third-order valence-electron chi connectivity index (χ3n) is 6.24. The summed E-state index contributed by atoms with van der Waals surface area (Å²) in [5.41, 5.74) is 2.54. The average Bonchev–Trinajstić information content (AvgIpc) is 2.85. The number of benzene rings is 3. The summed E-state index contributed by atoms with van der Waals surface area (Å²) in [5, 5.41) is 19.4. The number of aryl methyl sites for hydroxylation is 1. The summed E-state index contributed by atoms with van der Waals surface area (Å²) in [5.74, 6) is 0.143. The third-order valence-corrected chi connectivity index (χ3v) is 8.03. The Balaban J connectivity index is 1.49. The summed E-state index contributed by atoms with van der Waals surface area (Å²) >= 11 is 0. The molecule has 0 aromatic heterocycles. The summed E-state index contributed by atoms with van der Waals surface area (Å²) in [6, 6.07) is 22.7. The van der Waals surface area contributed by atoms with Gasteiger partial charge in [0.1, 0.15) is 5.75 Å². The van der Waals surface area contributed by atoms with Crippen LogP contribution < -0.4 is 4.31 Å². The van der Waals surface area contributed by atoms with Crippen LogP contribution in [0.4, 0.5) is 5.69 Å². The highest BCUT2D eigenvalue weighted by Crippen LogP contribution is 2.27. The van der Waals surface area contributed by atoms with Crippen LogP contribution in [0.25, 0.3) is 0 Å². The minimum Gasteiger partial charge on any atom is -0.508 e. The zero-order chi connectivity index (χ0) is 24.0. The molecule has 1 fully saturated rings. The normalized spacial score (nSPS) is 16.9. The number of anilines is 1. The SMILES string of the molecule is O=S(=O)(c1ccccc1)N(Cc1ccc(O)cc1)c1ccc(CCCN2CCCC(O)C2)cc1. The van der Waals surface area contributed by atoms with Crippen molar-refractivity contribution in [3.63, 3.8) is 0 Å². The number of hydrogen-bond donors (Lipinski definition) is 2. The van der Waals surface area contributed by atoms with E-state index in [2.05, 4.69) is 4.90 Å². The maximum atomic E-state index is 13.5. The maximum absolute atomic E-state index is 13.5. The average molecular weight is 481 g/mol. The van der Waals surface area contributed by atoms with E-state index in [9.17, 15) is 18.6 Å². The molecule has 0 amide bonds. The predicted molar refractivity (Wildman–Crippen MR) is 134 cm³/mol. The number of piperidine rings is 1. The molecule has 6 nitrogen and oxygen atoms in total. The van der Waals surface area contributed by atoms with Crippen molar-refractivity contribution in [2.45, 2.75) is 43.2 Å². The van der Waals surface area contributed by atoms with E-state index < -0.39 is 10.0 Å². The van der Waals surface area contributed by atoms with Crippen molar-refractivity contribution in [3.8, 4) is 5.75 Å². The van der Waals surface area contributed by atoms with Gasteiger partial charge in [-0.2, -0.15) is 0 Å². The number of phenolic OH excluding ortho intramolecular Hbond substituents is 1. The van der Waals surface area contributed by atoms with Crippen LogP contribution in [0, 0.1) is 0 Å². The molecule has 1 heterocycles. The van der Waals surface area contributed by atoms with E-state index in [-0.39, 0.29) is 23.3 Å². The Morgan fingerprint density at radius 1 is 0.912 bits per heavy atom. The number of likely N-dealkylation sites (tertiary alicyclic amines) is 1. The molecule has 2 N–H and O–H groups in total. The molecule has 1 aliphatic rings. The predicted octanol–water partition coefficient (Wildman–Crippen LogP) is 4.18. The summed E-state index contributed by atoms with van der Waals surface area (Å²) in [7, 11) is -3.77. The highest BCUT2D eigenvalue weighted by molar-refractivity contribution is 7.92. The Bertz CT molecular complexity index is 1150. The van der Waals surface area contributed by atoms with Crippen molar-refractivity contribution in [2.75, 3.05) is 23.9 Å². The first-order chi connectivity index (χ1) is 16.4. The van der Waals surface area contributed by atoms with Crippen LogP contribution in [-0.2, 0) is 23.0 Å². The fourth-order valence-electron chi connectivity index (χ4n) is 4.37. The van der Waals surface area contributed by atoms with Crippen molar-refractivity contribution in [3.05, 3.63) is 90.0 Å². The lowest BCUT2D eigenvalue weighted by molar-refractivity contribution is 0.0702. The van der Waals surface area contributed by atoms with Gasteiger partial charge in [0, 0.05) is 6.54 Å². The van der Waals surface area contributed by atoms with Gasteiger partial charge in [0.15, 0.2) is 0 Å². The lowest BCUT2D eigenvalue weighted by atomic mass is 10.1. The number of aromatic hydroxyl groups is 1. The molecule has 7 heteroatoms. The monoisotopic (exact) mass is 480 g/mol. The van der Waals surface area contributed by atoms with Gasteiger partial charge >= 0.3 is 0 Å². The molecule has 1 atom stereocenters. The summed E-state index contributed by atoms with van der Waals surface area (Å²) < 4.78 is 28.4. The second kappa shape index (κ2) is 11.0. The number of nitrogens with zero attached hydrogens (tertiary/aromatic N) is 2. The van der Waals surface area contributed by atoms with Crippen molar-refractivity contribution in [1.82, 2.24) is 4.90 Å². The van der Waals surface area contributed by atoms with Gasteiger partial charge in [0.25, 0.3) is 10.0 Å². The highest BCUT2D eigenvalue weighted by Gasteiger charge is 2.25. The Kier molecular flexibility index (Phi) is 7.88. The lowest BCUT2D eigenvalue weighted by Crippen LogP contribution is -2.38. The number of aliphatic hydroxyl groups excluding tert-OH is 1. The van der Waals surface area contributed by atoms with Crippen molar-refractivity contribution in [2.24, 2.45) is 0 Å². The van der Waals surface area contributed by atoms with Gasteiger partial charge in [-0.25, -0.2) is 8.42 Å². The fourth-order valence-corrected chi connectivity index (χ4v) is 5.85. The van der Waals surface area contributed by atoms with Gasteiger partial charge in [-0.1, -0.05) is 42.5 Å². The minimum absolute atomic E-state index is 0.143.